The average Bonchev–Trinajstić information content (AvgIpc) is 2.81. The van der Waals surface area contributed by atoms with Crippen LogP contribution in [0.15, 0.2) is 12.3 Å². The third kappa shape index (κ3) is 3.44. The Bertz CT molecular complexity index is 293. The molecule has 2 aliphatic rings. The van der Waals surface area contributed by atoms with Crippen molar-refractivity contribution in [2.75, 3.05) is 33.4 Å². The third-order valence-electron chi connectivity index (χ3n) is 3.35. The van der Waals surface area contributed by atoms with Gasteiger partial charge < -0.3 is 14.8 Å². The van der Waals surface area contributed by atoms with Gasteiger partial charge in [-0.05, 0) is 19.4 Å². The highest BCUT2D eigenvalue weighted by molar-refractivity contribution is 5.81. The molecule has 96 valence electrons. The highest BCUT2D eigenvalue weighted by atomic mass is 16.5. The van der Waals surface area contributed by atoms with E-state index in [4.69, 9.17) is 4.74 Å². The zero-order valence-corrected chi connectivity index (χ0v) is 10.2. The monoisotopic (exact) mass is 240 g/mol. The number of esters is 1. The van der Waals surface area contributed by atoms with E-state index >= 15 is 0 Å². The number of ether oxygens (including phenoxy) is 2. The fourth-order valence-electron chi connectivity index (χ4n) is 2.40. The van der Waals surface area contributed by atoms with Crippen LogP contribution in [0.4, 0.5) is 0 Å². The Morgan fingerprint density at radius 1 is 1.65 bits per heavy atom. The molecule has 1 N–H and O–H groups in total. The van der Waals surface area contributed by atoms with Gasteiger partial charge in [-0.3, -0.25) is 4.90 Å². The van der Waals surface area contributed by atoms with Crippen molar-refractivity contribution in [3.63, 3.8) is 0 Å². The molecule has 2 rings (SSSR count). The lowest BCUT2D eigenvalue weighted by Crippen LogP contribution is -2.48. The predicted octanol–water partition coefficient (Wildman–Crippen LogP) is 0.126. The summed E-state index contributed by atoms with van der Waals surface area (Å²) in [6.45, 7) is 3.76. The van der Waals surface area contributed by atoms with Crippen LogP contribution in [0.2, 0.25) is 0 Å². The minimum atomic E-state index is -0.346. The van der Waals surface area contributed by atoms with Gasteiger partial charge in [0.1, 0.15) is 0 Å². The number of morpholine rings is 1. The second kappa shape index (κ2) is 6.02. The molecule has 0 aromatic rings. The lowest BCUT2D eigenvalue weighted by Gasteiger charge is -2.35. The van der Waals surface area contributed by atoms with Gasteiger partial charge >= 0.3 is 5.97 Å². The minimum Gasteiger partial charge on any atom is -0.466 e. The van der Waals surface area contributed by atoms with Crippen LogP contribution in [0.5, 0.6) is 0 Å². The quantitative estimate of drug-likeness (QED) is 0.559. The molecule has 2 unspecified atom stereocenters. The largest absolute Gasteiger partial charge is 0.466 e. The lowest BCUT2D eigenvalue weighted by atomic mass is 10.2. The molecule has 17 heavy (non-hydrogen) atoms. The van der Waals surface area contributed by atoms with E-state index in [0.717, 1.165) is 19.7 Å². The topological polar surface area (TPSA) is 50.8 Å². The van der Waals surface area contributed by atoms with Crippen molar-refractivity contribution >= 4 is 5.97 Å². The molecule has 2 heterocycles. The molecule has 2 atom stereocenters. The molecule has 2 saturated heterocycles. The van der Waals surface area contributed by atoms with Gasteiger partial charge in [-0.2, -0.15) is 0 Å². The molecule has 0 spiro atoms. The molecule has 0 amide bonds. The number of hydrogen-bond acceptors (Lipinski definition) is 5. The van der Waals surface area contributed by atoms with Crippen LogP contribution < -0.4 is 5.32 Å². The number of carbonyl (C=O) groups is 1. The van der Waals surface area contributed by atoms with Crippen molar-refractivity contribution in [2.24, 2.45) is 0 Å². The van der Waals surface area contributed by atoms with Gasteiger partial charge in [0, 0.05) is 31.4 Å². The van der Waals surface area contributed by atoms with Crippen LogP contribution >= 0.6 is 0 Å². The van der Waals surface area contributed by atoms with Crippen molar-refractivity contribution in [2.45, 2.75) is 25.0 Å². The van der Waals surface area contributed by atoms with Crippen molar-refractivity contribution in [1.82, 2.24) is 10.2 Å². The number of nitrogens with zero attached hydrogens (tertiary/aromatic N) is 1. The second-order valence-corrected chi connectivity index (χ2v) is 4.51. The fourth-order valence-corrected chi connectivity index (χ4v) is 2.40. The first-order valence-electron chi connectivity index (χ1n) is 6.13. The van der Waals surface area contributed by atoms with E-state index in [1.54, 1.807) is 6.20 Å². The Morgan fingerprint density at radius 3 is 3.35 bits per heavy atom. The van der Waals surface area contributed by atoms with Gasteiger partial charge in [0.25, 0.3) is 0 Å². The number of carbonyl (C=O) groups excluding carboxylic acids is 1. The summed E-state index contributed by atoms with van der Waals surface area (Å²) in [4.78, 5) is 13.3. The Hall–Kier alpha value is -1.07. The normalized spacial score (nSPS) is 29.2. The van der Waals surface area contributed by atoms with Gasteiger partial charge in [0.15, 0.2) is 0 Å². The van der Waals surface area contributed by atoms with Crippen molar-refractivity contribution in [3.05, 3.63) is 12.3 Å². The number of nitrogens with one attached hydrogen (secondary N) is 1. The molecule has 0 radical (unpaired) electrons. The Balaban J connectivity index is 1.66. The average molecular weight is 240 g/mol. The Morgan fingerprint density at radius 2 is 2.53 bits per heavy atom. The fraction of sp³-hybridized carbons (Fsp3) is 0.750. The first kappa shape index (κ1) is 12.4. The molecule has 5 nitrogen and oxygen atoms in total. The van der Waals surface area contributed by atoms with Crippen LogP contribution in [0.3, 0.4) is 0 Å². The van der Waals surface area contributed by atoms with E-state index in [0.29, 0.717) is 6.04 Å². The molecular weight excluding hydrogens is 220 g/mol. The number of hydrogen-bond donors (Lipinski definition) is 1. The first-order valence-corrected chi connectivity index (χ1v) is 6.13. The Kier molecular flexibility index (Phi) is 4.39. The van der Waals surface area contributed by atoms with E-state index in [1.165, 1.54) is 32.6 Å². The summed E-state index contributed by atoms with van der Waals surface area (Å²) in [6, 6.07) is 0.636. The number of fused-ring (bicyclic) bond motifs is 1. The van der Waals surface area contributed by atoms with E-state index in [2.05, 4.69) is 15.0 Å². The minimum absolute atomic E-state index is 0.214. The van der Waals surface area contributed by atoms with E-state index < -0.39 is 0 Å². The highest BCUT2D eigenvalue weighted by Gasteiger charge is 2.31. The van der Waals surface area contributed by atoms with Crippen molar-refractivity contribution in [1.29, 1.82) is 0 Å². The summed E-state index contributed by atoms with van der Waals surface area (Å²) in [7, 11) is 1.37. The smallest absolute Gasteiger partial charge is 0.331 e. The maximum Gasteiger partial charge on any atom is 0.331 e. The van der Waals surface area contributed by atoms with E-state index in [1.807, 2.05) is 0 Å². The predicted molar refractivity (Wildman–Crippen MR) is 63.5 cm³/mol. The maximum absolute atomic E-state index is 10.8. The van der Waals surface area contributed by atoms with Crippen molar-refractivity contribution < 1.29 is 14.3 Å². The first-order chi connectivity index (χ1) is 8.29. The number of rotatable bonds is 4. The molecule has 2 aliphatic heterocycles. The zero-order valence-electron chi connectivity index (χ0n) is 10.2. The van der Waals surface area contributed by atoms with Crippen LogP contribution in [-0.4, -0.2) is 56.4 Å². The molecular formula is C12H20N2O3. The lowest BCUT2D eigenvalue weighted by molar-refractivity contribution is -0.134. The molecule has 0 bridgehead atoms. The number of methoxy groups -OCH3 is 1. The summed E-state index contributed by atoms with van der Waals surface area (Å²) in [5, 5.41) is 3.07. The van der Waals surface area contributed by atoms with Crippen molar-refractivity contribution in [3.8, 4) is 0 Å². The molecule has 2 fully saturated rings. The third-order valence-corrected chi connectivity index (χ3v) is 3.35. The SMILES string of the molecule is COC(=O)/C=C/NCC1CN2CCCC2CO1. The zero-order chi connectivity index (χ0) is 12.1. The maximum atomic E-state index is 10.8. The molecule has 0 aromatic heterocycles. The summed E-state index contributed by atoms with van der Waals surface area (Å²) in [6.07, 6.45) is 5.76. The Labute approximate surface area is 102 Å². The molecule has 0 aromatic carbocycles. The van der Waals surface area contributed by atoms with E-state index in [9.17, 15) is 4.79 Å². The van der Waals surface area contributed by atoms with E-state index in [-0.39, 0.29) is 12.1 Å². The van der Waals surface area contributed by atoms with Crippen LogP contribution in [0, 0.1) is 0 Å². The van der Waals surface area contributed by atoms with Gasteiger partial charge in [-0.1, -0.05) is 0 Å². The van der Waals surface area contributed by atoms with Gasteiger partial charge in [0.05, 0.1) is 19.8 Å². The van der Waals surface area contributed by atoms with Gasteiger partial charge in [0.2, 0.25) is 0 Å². The second-order valence-electron chi connectivity index (χ2n) is 4.51. The van der Waals surface area contributed by atoms with Gasteiger partial charge in [-0.15, -0.1) is 0 Å². The van der Waals surface area contributed by atoms with Crippen LogP contribution in [0.1, 0.15) is 12.8 Å². The summed E-state index contributed by atoms with van der Waals surface area (Å²) >= 11 is 0. The molecule has 0 aliphatic carbocycles. The summed E-state index contributed by atoms with van der Waals surface area (Å²) < 4.78 is 10.3. The molecule has 0 saturated carbocycles. The summed E-state index contributed by atoms with van der Waals surface area (Å²) in [5.41, 5.74) is 0. The highest BCUT2D eigenvalue weighted by Crippen LogP contribution is 2.22. The summed E-state index contributed by atoms with van der Waals surface area (Å²) in [5.74, 6) is -0.346. The van der Waals surface area contributed by atoms with Crippen LogP contribution in [0.25, 0.3) is 0 Å². The molecule has 5 heteroatoms. The van der Waals surface area contributed by atoms with Gasteiger partial charge in [-0.25, -0.2) is 4.79 Å². The standard InChI is InChI=1S/C12H20N2O3/c1-16-12(15)4-5-13-7-11-8-14-6-2-3-10(14)9-17-11/h4-5,10-11,13H,2-3,6-9H2,1H3/b5-4+. The van der Waals surface area contributed by atoms with Crippen LogP contribution in [-0.2, 0) is 14.3 Å².